The minimum atomic E-state index is 0. The molecule has 0 aromatic heterocycles. The molecule has 0 radical (unpaired) electrons. The Bertz CT molecular complexity index is 48.2. The lowest BCUT2D eigenvalue weighted by atomic mass is 10.4. The number of rotatable bonds is 0. The number of hydrogen-bond donors (Lipinski definition) is 2. The van der Waals surface area contributed by atoms with Crippen LogP contribution in [-0.2, 0) is 0 Å². The largest absolute Gasteiger partial charge is 0.870 e. The van der Waals surface area contributed by atoms with E-state index in [0.29, 0.717) is 0 Å². The van der Waals surface area contributed by atoms with Crippen LogP contribution in [0.3, 0.4) is 0 Å². The highest BCUT2D eigenvalue weighted by molar-refractivity contribution is 4.37. The fraction of sp³-hybridized carbons (Fsp3) is 1.00. The number of nitrogens with two attached hydrogens (primary N) is 2. The third kappa shape index (κ3) is 7.94. The fourth-order valence-electron chi connectivity index (χ4n) is 1.44. The summed E-state index contributed by atoms with van der Waals surface area (Å²) < 4.78 is 0. The summed E-state index contributed by atoms with van der Waals surface area (Å²) >= 11 is 0. The summed E-state index contributed by atoms with van der Waals surface area (Å²) in [6.07, 6.45) is 5.78. The minimum Gasteiger partial charge on any atom is -0.870 e. The molecule has 0 amide bonds. The van der Waals surface area contributed by atoms with E-state index in [2.05, 4.69) is 10.6 Å². The number of quaternary nitrogens is 2. The van der Waals surface area contributed by atoms with Crippen molar-refractivity contribution in [2.24, 2.45) is 0 Å². The Kier molecular flexibility index (Phi) is 13.0. The molecule has 4 nitrogen and oxygen atoms in total. The molecule has 2 aliphatic heterocycles. The molecule has 0 unspecified atom stereocenters. The molecule has 76 valence electrons. The van der Waals surface area contributed by atoms with E-state index in [9.17, 15) is 0 Å². The Morgan fingerprint density at radius 1 is 0.500 bits per heavy atom. The first-order valence-corrected chi connectivity index (χ1v) is 4.63. The first kappa shape index (κ1) is 14.4. The van der Waals surface area contributed by atoms with Crippen LogP contribution in [0.4, 0.5) is 0 Å². The van der Waals surface area contributed by atoms with Gasteiger partial charge in [-0.05, 0) is 0 Å². The molecule has 0 aromatic carbocycles. The second kappa shape index (κ2) is 10.8. The summed E-state index contributed by atoms with van der Waals surface area (Å²) in [5.41, 5.74) is 0. The number of hydrogen-bond acceptors (Lipinski definition) is 2. The van der Waals surface area contributed by atoms with Crippen LogP contribution in [0.1, 0.15) is 25.7 Å². The van der Waals surface area contributed by atoms with Gasteiger partial charge in [-0.1, -0.05) is 0 Å². The third-order valence-corrected chi connectivity index (χ3v) is 2.13. The van der Waals surface area contributed by atoms with E-state index in [1.54, 1.807) is 0 Å². The summed E-state index contributed by atoms with van der Waals surface area (Å²) in [5, 5.41) is 4.72. The Morgan fingerprint density at radius 2 is 0.750 bits per heavy atom. The van der Waals surface area contributed by atoms with E-state index in [0.717, 1.165) is 0 Å². The van der Waals surface area contributed by atoms with Crippen LogP contribution < -0.4 is 10.6 Å². The zero-order valence-corrected chi connectivity index (χ0v) is 7.71. The van der Waals surface area contributed by atoms with Gasteiger partial charge in [-0.3, -0.25) is 0 Å². The maximum Gasteiger partial charge on any atom is 0.0757 e. The minimum absolute atomic E-state index is 0. The van der Waals surface area contributed by atoms with Crippen LogP contribution in [0.15, 0.2) is 0 Å². The molecular weight excluding hydrogens is 156 g/mol. The van der Waals surface area contributed by atoms with Gasteiger partial charge in [0, 0.05) is 25.7 Å². The first-order valence-electron chi connectivity index (χ1n) is 4.63. The quantitative estimate of drug-likeness (QED) is 0.464. The molecule has 2 saturated heterocycles. The second-order valence-corrected chi connectivity index (χ2v) is 3.15. The maximum atomic E-state index is 2.36. The van der Waals surface area contributed by atoms with Gasteiger partial charge in [0.2, 0.25) is 0 Å². The van der Waals surface area contributed by atoms with Gasteiger partial charge in [0.1, 0.15) is 0 Å². The molecule has 4 heteroatoms. The van der Waals surface area contributed by atoms with Gasteiger partial charge in [0.15, 0.2) is 0 Å². The molecule has 12 heavy (non-hydrogen) atoms. The standard InChI is InChI=1S/2C4H9N.2H2O/c2*1-2-4-5-3-1;;/h2*5H,1-4H2;2*1H2. The SMILES string of the molecule is C1CC[NH2+]C1.C1CC[NH2+]C1.[OH-].[OH-]. The van der Waals surface area contributed by atoms with Gasteiger partial charge in [-0.15, -0.1) is 0 Å². The van der Waals surface area contributed by atoms with E-state index in [1.807, 2.05) is 0 Å². The Hall–Kier alpha value is -0.160. The van der Waals surface area contributed by atoms with E-state index < -0.39 is 0 Å². The highest BCUT2D eigenvalue weighted by atomic mass is 16.0. The predicted octanol–water partition coefficient (Wildman–Crippen LogP) is -1.67. The third-order valence-electron chi connectivity index (χ3n) is 2.13. The second-order valence-electron chi connectivity index (χ2n) is 3.15. The first-order chi connectivity index (χ1) is 5.00. The van der Waals surface area contributed by atoms with Crippen molar-refractivity contribution in [2.45, 2.75) is 25.7 Å². The molecule has 0 aromatic rings. The summed E-state index contributed by atoms with van der Waals surface area (Å²) in [6.45, 7) is 5.50. The molecular formula is C8H22N2O2. The van der Waals surface area contributed by atoms with Gasteiger partial charge in [0.05, 0.1) is 26.2 Å². The van der Waals surface area contributed by atoms with E-state index in [1.165, 1.54) is 51.9 Å². The molecule has 2 fully saturated rings. The molecule has 0 atom stereocenters. The van der Waals surface area contributed by atoms with Crippen molar-refractivity contribution in [3.05, 3.63) is 0 Å². The van der Waals surface area contributed by atoms with Gasteiger partial charge in [0.25, 0.3) is 0 Å². The van der Waals surface area contributed by atoms with Crippen LogP contribution in [0.25, 0.3) is 0 Å². The average molecular weight is 178 g/mol. The summed E-state index contributed by atoms with van der Waals surface area (Å²) in [6, 6.07) is 0. The molecule has 6 N–H and O–H groups in total. The summed E-state index contributed by atoms with van der Waals surface area (Å²) in [5.74, 6) is 0. The summed E-state index contributed by atoms with van der Waals surface area (Å²) in [4.78, 5) is 0. The zero-order valence-electron chi connectivity index (χ0n) is 7.71. The molecule has 0 saturated carbocycles. The summed E-state index contributed by atoms with van der Waals surface area (Å²) in [7, 11) is 0. The highest BCUT2D eigenvalue weighted by Crippen LogP contribution is 1.82. The Balaban J connectivity index is 0. The van der Waals surface area contributed by atoms with Crippen LogP contribution in [0.2, 0.25) is 0 Å². The Morgan fingerprint density at radius 3 is 0.833 bits per heavy atom. The monoisotopic (exact) mass is 178 g/mol. The van der Waals surface area contributed by atoms with Crippen molar-refractivity contribution in [1.82, 2.24) is 0 Å². The van der Waals surface area contributed by atoms with Crippen molar-refractivity contribution < 1.29 is 21.6 Å². The smallest absolute Gasteiger partial charge is 0.0757 e. The highest BCUT2D eigenvalue weighted by Gasteiger charge is 1.98. The van der Waals surface area contributed by atoms with Crippen LogP contribution in [0, 0.1) is 0 Å². The lowest BCUT2D eigenvalue weighted by Gasteiger charge is -1.73. The Labute approximate surface area is 74.3 Å². The van der Waals surface area contributed by atoms with Crippen molar-refractivity contribution >= 4 is 0 Å². The molecule has 2 heterocycles. The van der Waals surface area contributed by atoms with Crippen molar-refractivity contribution in [1.29, 1.82) is 0 Å². The van der Waals surface area contributed by atoms with Crippen molar-refractivity contribution in [2.75, 3.05) is 26.2 Å². The van der Waals surface area contributed by atoms with Gasteiger partial charge >= 0.3 is 0 Å². The van der Waals surface area contributed by atoms with E-state index in [-0.39, 0.29) is 11.0 Å². The molecule has 2 rings (SSSR count). The molecule has 0 bridgehead atoms. The van der Waals surface area contributed by atoms with Crippen molar-refractivity contribution in [3.63, 3.8) is 0 Å². The topological polar surface area (TPSA) is 93.2 Å². The zero-order chi connectivity index (χ0) is 7.07. The lowest BCUT2D eigenvalue weighted by Crippen LogP contribution is -2.80. The van der Waals surface area contributed by atoms with Gasteiger partial charge in [-0.2, -0.15) is 0 Å². The predicted molar refractivity (Wildman–Crippen MR) is 45.7 cm³/mol. The van der Waals surface area contributed by atoms with Crippen LogP contribution >= 0.6 is 0 Å². The normalized spacial score (nSPS) is 20.0. The lowest BCUT2D eigenvalue weighted by molar-refractivity contribution is -0.635. The molecule has 0 aliphatic carbocycles. The van der Waals surface area contributed by atoms with Crippen molar-refractivity contribution in [3.8, 4) is 0 Å². The van der Waals surface area contributed by atoms with E-state index in [4.69, 9.17) is 0 Å². The molecule has 0 spiro atoms. The van der Waals surface area contributed by atoms with E-state index >= 15 is 0 Å². The maximum absolute atomic E-state index is 2.36. The van der Waals surface area contributed by atoms with Crippen LogP contribution in [-0.4, -0.2) is 37.1 Å². The molecule has 2 aliphatic rings. The fourth-order valence-corrected chi connectivity index (χ4v) is 1.44. The van der Waals surface area contributed by atoms with Gasteiger partial charge in [-0.25, -0.2) is 0 Å². The van der Waals surface area contributed by atoms with Crippen LogP contribution in [0.5, 0.6) is 0 Å². The van der Waals surface area contributed by atoms with Gasteiger partial charge < -0.3 is 21.6 Å². The average Bonchev–Trinajstić information content (AvgIpc) is 2.67.